The van der Waals surface area contributed by atoms with Crippen molar-refractivity contribution in [3.05, 3.63) is 47.2 Å². The molecule has 8 nitrogen and oxygen atoms in total. The van der Waals surface area contributed by atoms with Gasteiger partial charge in [0.05, 0.1) is 13.0 Å². The Labute approximate surface area is 198 Å². The summed E-state index contributed by atoms with van der Waals surface area (Å²) in [6, 6.07) is 10.8. The number of aromatic nitrogens is 1. The molecule has 0 aliphatic carbocycles. The Balaban J connectivity index is 1.28. The van der Waals surface area contributed by atoms with Gasteiger partial charge in [0.1, 0.15) is 21.2 Å². The molecule has 1 amide bonds. The van der Waals surface area contributed by atoms with Crippen LogP contribution in [0.1, 0.15) is 12.8 Å². The summed E-state index contributed by atoms with van der Waals surface area (Å²) in [5.74, 6) is 0.647. The van der Waals surface area contributed by atoms with Crippen LogP contribution in [0.2, 0.25) is 0 Å². The van der Waals surface area contributed by atoms with Gasteiger partial charge in [0, 0.05) is 29.9 Å². The van der Waals surface area contributed by atoms with Crippen LogP contribution in [-0.2, 0) is 14.8 Å². The zero-order valence-corrected chi connectivity index (χ0v) is 20.1. The fourth-order valence-corrected chi connectivity index (χ4v) is 7.20. The largest absolute Gasteiger partial charge is 0.497 e. The summed E-state index contributed by atoms with van der Waals surface area (Å²) < 4.78 is 38.5. The van der Waals surface area contributed by atoms with E-state index >= 15 is 0 Å². The molecule has 3 aromatic heterocycles. The van der Waals surface area contributed by atoms with E-state index in [2.05, 4.69) is 10.3 Å². The second kappa shape index (κ2) is 8.90. The molecule has 1 aliphatic heterocycles. The molecule has 1 atom stereocenters. The molecule has 1 N–H and O–H groups in total. The number of carbonyl (C=O) groups excluding carboxylic acids is 1. The van der Waals surface area contributed by atoms with Crippen LogP contribution in [0.4, 0.5) is 5.13 Å². The van der Waals surface area contributed by atoms with Gasteiger partial charge >= 0.3 is 0 Å². The van der Waals surface area contributed by atoms with Crippen LogP contribution in [0.5, 0.6) is 5.75 Å². The number of carbonyl (C=O) groups is 1. The number of piperidine rings is 1. The molecule has 1 unspecified atom stereocenters. The lowest BCUT2D eigenvalue weighted by Gasteiger charge is -2.30. The molecular weight excluding hydrogens is 482 g/mol. The van der Waals surface area contributed by atoms with E-state index < -0.39 is 15.9 Å². The number of rotatable bonds is 6. The molecule has 0 bridgehead atoms. The Morgan fingerprint density at radius 1 is 1.27 bits per heavy atom. The summed E-state index contributed by atoms with van der Waals surface area (Å²) in [7, 11) is -1.97. The fourth-order valence-electron chi connectivity index (χ4n) is 3.83. The molecule has 1 aliphatic rings. The molecule has 11 heteroatoms. The van der Waals surface area contributed by atoms with E-state index in [-0.39, 0.29) is 12.5 Å². The lowest BCUT2D eigenvalue weighted by molar-refractivity contribution is -0.120. The normalized spacial score (nSPS) is 17.3. The summed E-state index contributed by atoms with van der Waals surface area (Å²) in [6.45, 7) is 0.581. The second-order valence-electron chi connectivity index (χ2n) is 7.68. The highest BCUT2D eigenvalue weighted by Crippen LogP contribution is 2.32. The van der Waals surface area contributed by atoms with E-state index in [1.54, 1.807) is 24.6 Å². The molecule has 0 radical (unpaired) electrons. The minimum absolute atomic E-state index is 0.162. The Bertz CT molecular complexity index is 1390. The average Bonchev–Trinajstić information content (AvgIpc) is 3.59. The zero-order chi connectivity index (χ0) is 23.0. The van der Waals surface area contributed by atoms with Crippen molar-refractivity contribution in [2.45, 2.75) is 17.1 Å². The van der Waals surface area contributed by atoms with Gasteiger partial charge in [-0.15, -0.1) is 22.7 Å². The predicted octanol–water partition coefficient (Wildman–Crippen LogP) is 4.67. The number of thiazole rings is 1. The highest BCUT2D eigenvalue weighted by molar-refractivity contribution is 7.91. The number of benzene rings is 1. The van der Waals surface area contributed by atoms with Gasteiger partial charge in [0.15, 0.2) is 10.9 Å². The Hall–Kier alpha value is -2.73. The smallest absolute Gasteiger partial charge is 0.252 e. The van der Waals surface area contributed by atoms with Crippen molar-refractivity contribution in [1.29, 1.82) is 0 Å². The molecule has 4 heterocycles. The molecule has 33 heavy (non-hydrogen) atoms. The molecule has 0 spiro atoms. The Morgan fingerprint density at radius 3 is 2.94 bits per heavy atom. The van der Waals surface area contributed by atoms with E-state index in [9.17, 15) is 13.2 Å². The van der Waals surface area contributed by atoms with Crippen LogP contribution in [0, 0.1) is 5.92 Å². The Kier molecular flexibility index (Phi) is 5.95. The van der Waals surface area contributed by atoms with Gasteiger partial charge < -0.3 is 14.5 Å². The summed E-state index contributed by atoms with van der Waals surface area (Å²) >= 11 is 2.49. The summed E-state index contributed by atoms with van der Waals surface area (Å²) in [5.41, 5.74) is 1.31. The van der Waals surface area contributed by atoms with Crippen LogP contribution in [0.25, 0.3) is 22.4 Å². The first-order chi connectivity index (χ1) is 15.9. The number of nitrogens with one attached hydrogen (secondary N) is 1. The van der Waals surface area contributed by atoms with Crippen LogP contribution in [-0.4, -0.2) is 43.8 Å². The predicted molar refractivity (Wildman–Crippen MR) is 128 cm³/mol. The molecule has 1 aromatic carbocycles. The molecule has 1 fully saturated rings. The first-order valence-corrected chi connectivity index (χ1v) is 13.5. The van der Waals surface area contributed by atoms with Crippen molar-refractivity contribution >= 4 is 54.7 Å². The zero-order valence-electron chi connectivity index (χ0n) is 17.7. The number of sulfonamides is 1. The first kappa shape index (κ1) is 22.1. The van der Waals surface area contributed by atoms with Crippen LogP contribution >= 0.6 is 22.7 Å². The summed E-state index contributed by atoms with van der Waals surface area (Å²) in [5, 5.41) is 7.78. The first-order valence-electron chi connectivity index (χ1n) is 10.3. The number of methoxy groups -OCH3 is 1. The Morgan fingerprint density at radius 2 is 2.15 bits per heavy atom. The van der Waals surface area contributed by atoms with Crippen molar-refractivity contribution in [3.8, 4) is 17.2 Å². The minimum atomic E-state index is -3.57. The lowest BCUT2D eigenvalue weighted by atomic mass is 9.99. The standard InChI is InChI=1S/C22H21N3O5S3/c1-29-16-7-6-14-10-19(30-18(14)11-16)17-13-32-22(23-17)24-21(26)15-4-2-8-25(12-15)33(27,28)20-5-3-9-31-20/h3,5-7,9-11,13,15H,2,4,8,12H2,1H3,(H,23,24,26). The van der Waals surface area contributed by atoms with E-state index in [0.717, 1.165) is 5.39 Å². The third-order valence-corrected chi connectivity index (χ3v) is 9.55. The number of nitrogens with zero attached hydrogens (tertiary/aromatic N) is 2. The van der Waals surface area contributed by atoms with Crippen molar-refractivity contribution in [1.82, 2.24) is 9.29 Å². The van der Waals surface area contributed by atoms with Gasteiger partial charge in [-0.25, -0.2) is 13.4 Å². The fraction of sp³-hybridized carbons (Fsp3) is 0.273. The van der Waals surface area contributed by atoms with Gasteiger partial charge in [-0.3, -0.25) is 4.79 Å². The average molecular weight is 504 g/mol. The monoisotopic (exact) mass is 503 g/mol. The number of furan rings is 1. The van der Waals surface area contributed by atoms with E-state index in [1.807, 2.05) is 29.6 Å². The third kappa shape index (κ3) is 4.41. The van der Waals surface area contributed by atoms with E-state index in [1.165, 1.54) is 27.0 Å². The van der Waals surface area contributed by atoms with Crippen LogP contribution in [0.3, 0.4) is 0 Å². The number of hydrogen-bond acceptors (Lipinski definition) is 8. The van der Waals surface area contributed by atoms with Gasteiger partial charge in [0.25, 0.3) is 10.0 Å². The highest BCUT2D eigenvalue weighted by atomic mass is 32.2. The summed E-state index contributed by atoms with van der Waals surface area (Å²) in [6.07, 6.45) is 1.26. The molecule has 172 valence electrons. The molecule has 5 rings (SSSR count). The molecule has 1 saturated heterocycles. The number of amides is 1. The highest BCUT2D eigenvalue weighted by Gasteiger charge is 2.34. The third-order valence-electron chi connectivity index (χ3n) is 5.56. The quantitative estimate of drug-likeness (QED) is 0.410. The van der Waals surface area contributed by atoms with Gasteiger partial charge in [0.2, 0.25) is 5.91 Å². The molecule has 4 aromatic rings. The second-order valence-corrected chi connectivity index (χ2v) is 11.6. The summed E-state index contributed by atoms with van der Waals surface area (Å²) in [4.78, 5) is 17.4. The van der Waals surface area contributed by atoms with Crippen molar-refractivity contribution in [2.24, 2.45) is 5.92 Å². The van der Waals surface area contributed by atoms with E-state index in [0.29, 0.717) is 51.5 Å². The van der Waals surface area contributed by atoms with Gasteiger partial charge in [-0.05, 0) is 42.5 Å². The minimum Gasteiger partial charge on any atom is -0.497 e. The van der Waals surface area contributed by atoms with Crippen molar-refractivity contribution in [3.63, 3.8) is 0 Å². The van der Waals surface area contributed by atoms with E-state index in [4.69, 9.17) is 9.15 Å². The van der Waals surface area contributed by atoms with Crippen LogP contribution in [0.15, 0.2) is 55.8 Å². The van der Waals surface area contributed by atoms with Gasteiger partial charge in [-0.1, -0.05) is 6.07 Å². The molecular formula is C22H21N3O5S3. The number of fused-ring (bicyclic) bond motifs is 1. The topological polar surface area (TPSA) is 102 Å². The van der Waals surface area contributed by atoms with Crippen molar-refractivity contribution in [2.75, 3.05) is 25.5 Å². The maximum absolute atomic E-state index is 12.9. The number of anilines is 1. The molecule has 0 saturated carbocycles. The van der Waals surface area contributed by atoms with Gasteiger partial charge in [-0.2, -0.15) is 4.31 Å². The lowest BCUT2D eigenvalue weighted by Crippen LogP contribution is -2.43. The maximum atomic E-state index is 12.9. The van der Waals surface area contributed by atoms with Crippen LogP contribution < -0.4 is 10.1 Å². The number of thiophene rings is 1. The van der Waals surface area contributed by atoms with Crippen molar-refractivity contribution < 1.29 is 22.4 Å². The maximum Gasteiger partial charge on any atom is 0.252 e. The number of hydrogen-bond donors (Lipinski definition) is 1. The number of ether oxygens (including phenoxy) is 1. The SMILES string of the molecule is COc1ccc2cc(-c3csc(NC(=O)C4CCCN(S(=O)(=O)c5cccs5)C4)n3)oc2c1.